The Balaban J connectivity index is 1.32. The molecule has 1 atom stereocenters. The zero-order valence-corrected chi connectivity index (χ0v) is 21.2. The molecule has 3 N–H and O–H groups in total. The number of aromatic nitrogens is 1. The highest BCUT2D eigenvalue weighted by molar-refractivity contribution is 6.04. The molecule has 0 radical (unpaired) electrons. The number of anilines is 2. The number of nitrogens with two attached hydrogens (primary N) is 1. The van der Waals surface area contributed by atoms with Crippen LogP contribution in [0, 0.1) is 5.82 Å². The van der Waals surface area contributed by atoms with Crippen LogP contribution in [0.2, 0.25) is 0 Å². The molecule has 3 aromatic rings. The highest BCUT2D eigenvalue weighted by Gasteiger charge is 2.42. The number of nitrogens with zero attached hydrogens (tertiary/aromatic N) is 2. The van der Waals surface area contributed by atoms with Gasteiger partial charge in [-0.05, 0) is 44.2 Å². The van der Waals surface area contributed by atoms with Crippen LogP contribution in [-0.2, 0) is 5.54 Å². The second-order valence-corrected chi connectivity index (χ2v) is 10.8. The summed E-state index contributed by atoms with van der Waals surface area (Å²) in [6.07, 6.45) is 6.56. The zero-order chi connectivity index (χ0) is 25.7. The van der Waals surface area contributed by atoms with E-state index in [0.29, 0.717) is 30.3 Å². The summed E-state index contributed by atoms with van der Waals surface area (Å²) in [5.74, 6) is -0.225. The number of carbonyl (C=O) groups excluding carboxylic acids is 1. The first-order valence-electron chi connectivity index (χ1n) is 13.3. The first-order valence-corrected chi connectivity index (χ1v) is 13.3. The van der Waals surface area contributed by atoms with Crippen molar-refractivity contribution in [3.8, 4) is 5.75 Å². The number of carbonyl (C=O) groups is 1. The van der Waals surface area contributed by atoms with Gasteiger partial charge in [-0.1, -0.05) is 43.2 Å². The molecule has 0 amide bonds. The second-order valence-electron chi connectivity index (χ2n) is 10.8. The number of likely N-dealkylation sites (tertiary alicyclic amines) is 1. The molecule has 2 aliphatic heterocycles. The number of hydrogen-bond donors (Lipinski definition) is 2. The summed E-state index contributed by atoms with van der Waals surface area (Å²) in [5, 5.41) is 3.28. The topological polar surface area (TPSA) is 89.6 Å². The van der Waals surface area contributed by atoms with E-state index in [-0.39, 0.29) is 33.6 Å². The number of ether oxygens (including phenoxy) is 1. The molecule has 8 heteroatoms. The highest BCUT2D eigenvalue weighted by atomic mass is 19.1. The maximum atomic E-state index is 15.7. The minimum Gasteiger partial charge on any atom is -0.487 e. The Hall–Kier alpha value is -3.39. The van der Waals surface area contributed by atoms with Gasteiger partial charge in [0, 0.05) is 25.8 Å². The Labute approximate surface area is 215 Å². The number of hydrogen-bond acceptors (Lipinski definition) is 6. The van der Waals surface area contributed by atoms with Crippen LogP contribution >= 0.6 is 0 Å². The fourth-order valence-corrected chi connectivity index (χ4v) is 6.54. The SMILES string of the molecule is CC(=O)c1cn2c3c(c(NCCN4CCC(c5ccccc5)C4)c(F)c(N)c3c1=O)OCC21CCCC1. The lowest BCUT2D eigenvalue weighted by molar-refractivity contribution is 0.101. The number of halogens is 1. The summed E-state index contributed by atoms with van der Waals surface area (Å²) in [6, 6.07) is 10.5. The third-order valence-corrected chi connectivity index (χ3v) is 8.56. The molecule has 1 saturated carbocycles. The number of nitrogens with one attached hydrogen (secondary N) is 1. The van der Waals surface area contributed by atoms with E-state index in [2.05, 4.69) is 34.5 Å². The van der Waals surface area contributed by atoms with Crippen LogP contribution in [-0.4, -0.2) is 48.0 Å². The molecular weight excluding hydrogens is 471 g/mol. The van der Waals surface area contributed by atoms with Crippen LogP contribution < -0.4 is 21.2 Å². The molecule has 2 aromatic carbocycles. The summed E-state index contributed by atoms with van der Waals surface area (Å²) in [5.41, 5.74) is 7.23. The van der Waals surface area contributed by atoms with Crippen LogP contribution in [0.4, 0.5) is 15.8 Å². The zero-order valence-electron chi connectivity index (χ0n) is 21.2. The van der Waals surface area contributed by atoms with Crippen molar-refractivity contribution in [1.82, 2.24) is 9.47 Å². The number of pyridine rings is 1. The number of fused-ring (bicyclic) bond motifs is 1. The van der Waals surface area contributed by atoms with Gasteiger partial charge in [0.05, 0.1) is 27.7 Å². The molecule has 0 bridgehead atoms. The van der Waals surface area contributed by atoms with Gasteiger partial charge in [-0.2, -0.15) is 0 Å². The third kappa shape index (κ3) is 3.89. The second kappa shape index (κ2) is 9.17. The predicted octanol–water partition coefficient (Wildman–Crippen LogP) is 4.49. The van der Waals surface area contributed by atoms with Crippen molar-refractivity contribution in [2.75, 3.05) is 43.8 Å². The standard InChI is InChI=1S/C29H33FN4O3/c1-18(35)21-16-34-26-22(27(21)36)24(31)23(30)25(28(26)37-17-29(34)10-5-6-11-29)32-12-14-33-13-9-20(15-33)19-7-3-2-4-8-19/h2-4,7-8,16,20,32H,5-6,9-15,17,31H2,1H3. The van der Waals surface area contributed by atoms with Gasteiger partial charge in [0.15, 0.2) is 17.3 Å². The van der Waals surface area contributed by atoms with Gasteiger partial charge >= 0.3 is 0 Å². The molecule has 1 spiro atoms. The molecule has 194 valence electrons. The maximum absolute atomic E-state index is 15.7. The molecule has 2 fully saturated rings. The van der Waals surface area contributed by atoms with E-state index in [0.717, 1.165) is 51.7 Å². The molecule has 37 heavy (non-hydrogen) atoms. The van der Waals surface area contributed by atoms with Gasteiger partial charge in [-0.15, -0.1) is 0 Å². The molecule has 6 rings (SSSR count). The summed E-state index contributed by atoms with van der Waals surface area (Å²) in [6.45, 7) is 4.95. The fourth-order valence-electron chi connectivity index (χ4n) is 6.54. The van der Waals surface area contributed by atoms with E-state index in [1.165, 1.54) is 12.5 Å². The molecule has 1 aromatic heterocycles. The predicted molar refractivity (Wildman–Crippen MR) is 143 cm³/mol. The Bertz CT molecular complexity index is 1430. The number of Topliss-reactive ketones (excluding diaryl/α,β-unsaturated/α-hetero) is 1. The average Bonchev–Trinajstić information content (AvgIpc) is 3.57. The molecule has 1 aliphatic carbocycles. The molecule has 1 unspecified atom stereocenters. The van der Waals surface area contributed by atoms with Crippen LogP contribution in [0.25, 0.3) is 10.9 Å². The van der Waals surface area contributed by atoms with Crippen molar-refractivity contribution in [3.05, 3.63) is 63.7 Å². The summed E-state index contributed by atoms with van der Waals surface area (Å²) < 4.78 is 23.9. The van der Waals surface area contributed by atoms with E-state index in [4.69, 9.17) is 10.5 Å². The van der Waals surface area contributed by atoms with E-state index < -0.39 is 11.2 Å². The Morgan fingerprint density at radius 2 is 2.00 bits per heavy atom. The van der Waals surface area contributed by atoms with Crippen LogP contribution in [0.1, 0.15) is 60.9 Å². The number of benzene rings is 2. The first kappa shape index (κ1) is 24.0. The number of rotatable bonds is 6. The van der Waals surface area contributed by atoms with E-state index in [1.54, 1.807) is 6.20 Å². The normalized spacial score (nSPS) is 20.4. The van der Waals surface area contributed by atoms with Crippen molar-refractivity contribution in [1.29, 1.82) is 0 Å². The van der Waals surface area contributed by atoms with Gasteiger partial charge in [0.2, 0.25) is 5.43 Å². The van der Waals surface area contributed by atoms with Gasteiger partial charge in [0.1, 0.15) is 12.3 Å². The van der Waals surface area contributed by atoms with Crippen molar-refractivity contribution in [3.63, 3.8) is 0 Å². The molecule has 1 saturated heterocycles. The van der Waals surface area contributed by atoms with Gasteiger partial charge in [0.25, 0.3) is 0 Å². The average molecular weight is 505 g/mol. The maximum Gasteiger partial charge on any atom is 0.202 e. The van der Waals surface area contributed by atoms with Gasteiger partial charge < -0.3 is 25.3 Å². The lowest BCUT2D eigenvalue weighted by Gasteiger charge is -2.39. The molecular formula is C29H33FN4O3. The minimum atomic E-state index is -0.696. The number of nitrogen functional groups attached to an aromatic ring is 1. The summed E-state index contributed by atoms with van der Waals surface area (Å²) >= 11 is 0. The molecule has 3 aliphatic rings. The van der Waals surface area contributed by atoms with Crippen molar-refractivity contribution in [2.45, 2.75) is 50.5 Å². The van der Waals surface area contributed by atoms with E-state index >= 15 is 4.39 Å². The first-order chi connectivity index (χ1) is 17.9. The lowest BCUT2D eigenvalue weighted by atomic mass is 9.93. The van der Waals surface area contributed by atoms with Crippen molar-refractivity contribution in [2.24, 2.45) is 0 Å². The minimum absolute atomic E-state index is 0.0421. The quantitative estimate of drug-likeness (QED) is 0.380. The van der Waals surface area contributed by atoms with Crippen LogP contribution in [0.5, 0.6) is 5.75 Å². The van der Waals surface area contributed by atoms with Crippen LogP contribution in [0.15, 0.2) is 41.3 Å². The van der Waals surface area contributed by atoms with Crippen molar-refractivity contribution >= 4 is 28.1 Å². The molecule has 3 heterocycles. The molecule has 7 nitrogen and oxygen atoms in total. The monoisotopic (exact) mass is 504 g/mol. The smallest absolute Gasteiger partial charge is 0.202 e. The highest BCUT2D eigenvalue weighted by Crippen LogP contribution is 2.48. The Kier molecular flexibility index (Phi) is 5.94. The third-order valence-electron chi connectivity index (χ3n) is 8.56. The van der Waals surface area contributed by atoms with E-state index in [1.807, 2.05) is 10.6 Å². The fraction of sp³-hybridized carbons (Fsp3) is 0.448. The van der Waals surface area contributed by atoms with E-state index in [9.17, 15) is 9.59 Å². The number of ketones is 1. The van der Waals surface area contributed by atoms with Gasteiger partial charge in [-0.25, -0.2) is 4.39 Å². The largest absolute Gasteiger partial charge is 0.487 e. The van der Waals surface area contributed by atoms with Gasteiger partial charge in [-0.3, -0.25) is 9.59 Å². The lowest BCUT2D eigenvalue weighted by Crippen LogP contribution is -2.42. The van der Waals surface area contributed by atoms with Crippen LogP contribution in [0.3, 0.4) is 0 Å². The Morgan fingerprint density at radius 1 is 1.24 bits per heavy atom. The summed E-state index contributed by atoms with van der Waals surface area (Å²) in [7, 11) is 0. The Morgan fingerprint density at radius 3 is 2.73 bits per heavy atom. The summed E-state index contributed by atoms with van der Waals surface area (Å²) in [4.78, 5) is 28.0. The van der Waals surface area contributed by atoms with Crippen molar-refractivity contribution < 1.29 is 13.9 Å².